The van der Waals surface area contributed by atoms with Gasteiger partial charge in [-0.05, 0) is 57.1 Å². The number of aliphatic hydroxyl groups excluding tert-OH is 1. The molecule has 1 rings (SSSR count). The first-order valence-corrected chi connectivity index (χ1v) is 14.4. The minimum absolute atomic E-state index is 0.0285. The lowest BCUT2D eigenvalue weighted by Gasteiger charge is -2.23. The van der Waals surface area contributed by atoms with E-state index in [1.807, 2.05) is 13.8 Å². The zero-order chi connectivity index (χ0) is 30.7. The molecule has 1 aromatic carbocycles. The van der Waals surface area contributed by atoms with Gasteiger partial charge in [-0.25, -0.2) is 9.90 Å². The number of rotatable bonds is 22. The van der Waals surface area contributed by atoms with Crippen LogP contribution in [0.5, 0.6) is 17.2 Å². The molecular weight excluding hydrogens is 522 g/mol. The summed E-state index contributed by atoms with van der Waals surface area (Å²) in [5, 5.41) is 11.7. The summed E-state index contributed by atoms with van der Waals surface area (Å²) in [7, 11) is 1.38. The molecule has 1 N–H and O–H groups in total. The quantitative estimate of drug-likeness (QED) is 0.0601. The first kappa shape index (κ1) is 37.4. The Balaban J connectivity index is 0.00000781. The molecule has 0 saturated carbocycles. The minimum Gasteiger partial charge on any atom is -0.490 e. The van der Waals surface area contributed by atoms with Gasteiger partial charge in [0.15, 0.2) is 11.5 Å². The van der Waals surface area contributed by atoms with Gasteiger partial charge in [0, 0.05) is 44.7 Å². The van der Waals surface area contributed by atoms with E-state index in [0.29, 0.717) is 68.2 Å². The molecule has 0 aliphatic carbocycles. The van der Waals surface area contributed by atoms with Crippen LogP contribution in [0.2, 0.25) is 0 Å². The predicted molar refractivity (Wildman–Crippen MR) is 161 cm³/mol. The summed E-state index contributed by atoms with van der Waals surface area (Å²) in [6.07, 6.45) is 22.9. The van der Waals surface area contributed by atoms with Gasteiger partial charge < -0.3 is 24.1 Å². The summed E-state index contributed by atoms with van der Waals surface area (Å²) < 4.78 is 18.2. The first-order chi connectivity index (χ1) is 20.0. The average molecular weight is 570 g/mol. The Morgan fingerprint density at radius 2 is 1.32 bits per heavy atom. The third-order valence-electron chi connectivity index (χ3n) is 5.57. The Labute approximate surface area is 247 Å². The first-order valence-electron chi connectivity index (χ1n) is 14.4. The van der Waals surface area contributed by atoms with Crippen LogP contribution in [0, 0.1) is 37.0 Å². The maximum Gasteiger partial charge on any atom is 0.246 e. The molecule has 0 spiro atoms. The van der Waals surface area contributed by atoms with Crippen molar-refractivity contribution in [3.05, 3.63) is 17.7 Å². The van der Waals surface area contributed by atoms with Crippen LogP contribution < -0.4 is 14.2 Å². The Morgan fingerprint density at radius 1 is 0.854 bits per heavy atom. The molecule has 1 atom stereocenters. The van der Waals surface area contributed by atoms with Gasteiger partial charge in [0.25, 0.3) is 0 Å². The number of aliphatic hydroxyl groups is 1. The van der Waals surface area contributed by atoms with Gasteiger partial charge in [-0.2, -0.15) is 0 Å². The highest BCUT2D eigenvalue weighted by atomic mass is 16.8. The standard InChI is InChI=1S/C31H41NO7.C2H6/c1-5-8-11-14-17-22-37-28-25-26(31(35)39-32(4)29(34)19-18-20-33)24-27(36-21-15-12-9-6-2)30(28)38-23-16-13-10-7-3;1-2/h1-3,20,24-25,31,35H,8-19,21-23H2,4H3;1-2H3. The van der Waals surface area contributed by atoms with Gasteiger partial charge in [-0.3, -0.25) is 4.79 Å². The van der Waals surface area contributed by atoms with Crippen LogP contribution in [0.1, 0.15) is 103 Å². The molecular formula is C33H47NO7. The van der Waals surface area contributed by atoms with Crippen LogP contribution in [0.15, 0.2) is 12.1 Å². The number of carbonyl (C=O) groups is 2. The third kappa shape index (κ3) is 16.9. The zero-order valence-corrected chi connectivity index (χ0v) is 25.0. The van der Waals surface area contributed by atoms with Crippen LogP contribution >= 0.6 is 0 Å². The Morgan fingerprint density at radius 3 is 1.80 bits per heavy atom. The molecule has 0 radical (unpaired) electrons. The van der Waals surface area contributed by atoms with E-state index in [1.54, 1.807) is 12.1 Å². The van der Waals surface area contributed by atoms with Gasteiger partial charge in [0.2, 0.25) is 17.9 Å². The van der Waals surface area contributed by atoms with Crippen LogP contribution in [-0.2, 0) is 14.4 Å². The highest BCUT2D eigenvalue weighted by Gasteiger charge is 2.22. The number of unbranched alkanes of at least 4 members (excludes halogenated alkanes) is 7. The number of benzene rings is 1. The van der Waals surface area contributed by atoms with Gasteiger partial charge >= 0.3 is 0 Å². The van der Waals surface area contributed by atoms with Gasteiger partial charge in [-0.1, -0.05) is 13.8 Å². The second-order valence-corrected chi connectivity index (χ2v) is 8.78. The highest BCUT2D eigenvalue weighted by molar-refractivity contribution is 5.77. The van der Waals surface area contributed by atoms with Crippen molar-refractivity contribution >= 4 is 12.2 Å². The largest absolute Gasteiger partial charge is 0.490 e. The predicted octanol–water partition coefficient (Wildman–Crippen LogP) is 6.01. The monoisotopic (exact) mass is 569 g/mol. The van der Waals surface area contributed by atoms with Crippen molar-refractivity contribution in [2.24, 2.45) is 0 Å². The molecule has 0 aromatic heterocycles. The van der Waals surface area contributed by atoms with Crippen molar-refractivity contribution < 1.29 is 33.7 Å². The van der Waals surface area contributed by atoms with Crippen molar-refractivity contribution in [2.75, 3.05) is 26.9 Å². The SMILES string of the molecule is C#CCCCCCOc1cc(C(O)ON(C)C(=O)CCC=O)cc(OCCCCC#C)c1OCCCCC#C.CC. The number of ether oxygens (including phenoxy) is 3. The number of hydrogen-bond donors (Lipinski definition) is 1. The molecule has 0 aliphatic rings. The number of aldehydes is 1. The molecule has 1 unspecified atom stereocenters. The molecule has 0 saturated heterocycles. The molecule has 1 aromatic rings. The van der Waals surface area contributed by atoms with Gasteiger partial charge in [-0.15, -0.1) is 37.0 Å². The highest BCUT2D eigenvalue weighted by Crippen LogP contribution is 2.41. The van der Waals surface area contributed by atoms with Crippen molar-refractivity contribution in [1.29, 1.82) is 0 Å². The van der Waals surface area contributed by atoms with Crippen LogP contribution in [-0.4, -0.2) is 49.2 Å². The van der Waals surface area contributed by atoms with E-state index >= 15 is 0 Å². The zero-order valence-electron chi connectivity index (χ0n) is 25.0. The summed E-state index contributed by atoms with van der Waals surface area (Å²) in [5.41, 5.74) is 0.311. The van der Waals surface area contributed by atoms with Crippen LogP contribution in [0.4, 0.5) is 0 Å². The molecule has 0 heterocycles. The molecule has 8 nitrogen and oxygen atoms in total. The second kappa shape index (κ2) is 25.3. The lowest BCUT2D eigenvalue weighted by atomic mass is 10.1. The molecule has 226 valence electrons. The second-order valence-electron chi connectivity index (χ2n) is 8.78. The summed E-state index contributed by atoms with van der Waals surface area (Å²) in [5.74, 6) is 8.60. The van der Waals surface area contributed by atoms with Crippen molar-refractivity contribution in [3.63, 3.8) is 0 Å². The minimum atomic E-state index is -1.50. The lowest BCUT2D eigenvalue weighted by Crippen LogP contribution is -2.28. The maximum absolute atomic E-state index is 12.2. The number of hydrogen-bond acceptors (Lipinski definition) is 7. The van der Waals surface area contributed by atoms with E-state index in [9.17, 15) is 14.7 Å². The summed E-state index contributed by atoms with van der Waals surface area (Å²) in [4.78, 5) is 28.1. The average Bonchev–Trinajstić information content (AvgIpc) is 2.98. The summed E-state index contributed by atoms with van der Waals surface area (Å²) in [6.45, 7) is 5.19. The van der Waals surface area contributed by atoms with Gasteiger partial charge in [0.05, 0.1) is 19.8 Å². The van der Waals surface area contributed by atoms with E-state index in [0.717, 1.165) is 50.0 Å². The third-order valence-corrected chi connectivity index (χ3v) is 5.57. The molecule has 41 heavy (non-hydrogen) atoms. The van der Waals surface area contributed by atoms with E-state index in [4.69, 9.17) is 38.3 Å². The van der Waals surface area contributed by atoms with E-state index < -0.39 is 12.2 Å². The smallest absolute Gasteiger partial charge is 0.246 e. The number of amides is 1. The molecule has 0 fully saturated rings. The Hall–Kier alpha value is -3.64. The van der Waals surface area contributed by atoms with Crippen molar-refractivity contribution in [2.45, 2.75) is 97.2 Å². The van der Waals surface area contributed by atoms with E-state index in [2.05, 4.69) is 17.8 Å². The van der Waals surface area contributed by atoms with Gasteiger partial charge in [0.1, 0.15) is 6.29 Å². The molecule has 8 heteroatoms. The maximum atomic E-state index is 12.2. The number of carbonyl (C=O) groups excluding carboxylic acids is 2. The number of hydroxylamine groups is 2. The van der Waals surface area contributed by atoms with Crippen molar-refractivity contribution in [3.8, 4) is 54.3 Å². The van der Waals surface area contributed by atoms with Crippen molar-refractivity contribution in [1.82, 2.24) is 5.06 Å². The normalized spacial score (nSPS) is 10.6. The van der Waals surface area contributed by atoms with E-state index in [-0.39, 0.29) is 12.8 Å². The number of nitrogens with zero attached hydrogens (tertiary/aromatic N) is 1. The molecule has 0 aliphatic heterocycles. The fourth-order valence-electron chi connectivity index (χ4n) is 3.41. The van der Waals surface area contributed by atoms with E-state index in [1.165, 1.54) is 7.05 Å². The Bertz CT molecular complexity index is 987. The lowest BCUT2D eigenvalue weighted by molar-refractivity contribution is -0.250. The fraction of sp³-hybridized carbons (Fsp3) is 0.576. The number of terminal acetylenes is 3. The van der Waals surface area contributed by atoms with Crippen LogP contribution in [0.25, 0.3) is 0 Å². The summed E-state index contributed by atoms with van der Waals surface area (Å²) >= 11 is 0. The molecule has 1 amide bonds. The Kier molecular flexibility index (Phi) is 23.1. The fourth-order valence-corrected chi connectivity index (χ4v) is 3.41. The van der Waals surface area contributed by atoms with Crippen LogP contribution in [0.3, 0.4) is 0 Å². The topological polar surface area (TPSA) is 94.5 Å². The molecule has 0 bridgehead atoms. The summed E-state index contributed by atoms with van der Waals surface area (Å²) in [6, 6.07) is 3.21.